The van der Waals surface area contributed by atoms with Crippen LogP contribution in [-0.2, 0) is 14.8 Å². The second kappa shape index (κ2) is 8.05. The molecule has 2 aromatic carbocycles. The molecule has 0 spiro atoms. The lowest BCUT2D eigenvalue weighted by Crippen LogP contribution is -2.44. The Hall–Kier alpha value is -2.18. The molecule has 0 N–H and O–H groups in total. The summed E-state index contributed by atoms with van der Waals surface area (Å²) in [7, 11) is -3.48. The molecule has 6 heteroatoms. The molecule has 5 nitrogen and oxygen atoms in total. The standard InChI is InChI=1S/C22H26N2O3S/c25-22(24-15-7-12-21(24)18-8-3-1-4-9-18)19-13-16-23(17-14-19)28(26,27)20-10-5-2-6-11-20/h1-6,8-11,19,21H,7,12-17H2. The number of benzene rings is 2. The minimum Gasteiger partial charge on any atom is -0.335 e. The van der Waals surface area contributed by atoms with Gasteiger partial charge in [0.1, 0.15) is 0 Å². The first kappa shape index (κ1) is 19.2. The van der Waals surface area contributed by atoms with Crippen LogP contribution in [0.1, 0.15) is 37.3 Å². The van der Waals surface area contributed by atoms with Crippen LogP contribution in [0, 0.1) is 5.92 Å². The topological polar surface area (TPSA) is 57.7 Å². The summed E-state index contributed by atoms with van der Waals surface area (Å²) in [5, 5.41) is 0. The first-order chi connectivity index (χ1) is 13.6. The summed E-state index contributed by atoms with van der Waals surface area (Å²) in [4.78, 5) is 15.5. The van der Waals surface area contributed by atoms with Crippen molar-refractivity contribution in [1.29, 1.82) is 0 Å². The summed E-state index contributed by atoms with van der Waals surface area (Å²) in [5.41, 5.74) is 1.19. The Bertz CT molecular complexity index is 907. The van der Waals surface area contributed by atoms with Gasteiger partial charge in [-0.15, -0.1) is 0 Å². The maximum Gasteiger partial charge on any atom is 0.243 e. The zero-order chi connectivity index (χ0) is 19.6. The van der Waals surface area contributed by atoms with Crippen LogP contribution in [0.3, 0.4) is 0 Å². The van der Waals surface area contributed by atoms with Crippen LogP contribution >= 0.6 is 0 Å². The molecule has 0 bridgehead atoms. The fourth-order valence-electron chi connectivity index (χ4n) is 4.37. The van der Waals surface area contributed by atoms with Crippen molar-refractivity contribution in [1.82, 2.24) is 9.21 Å². The van der Waals surface area contributed by atoms with Gasteiger partial charge in [-0.05, 0) is 43.4 Å². The monoisotopic (exact) mass is 398 g/mol. The summed E-state index contributed by atoms with van der Waals surface area (Å²) >= 11 is 0. The highest BCUT2D eigenvalue weighted by Gasteiger charge is 2.37. The number of likely N-dealkylation sites (tertiary alicyclic amines) is 1. The van der Waals surface area contributed by atoms with E-state index in [-0.39, 0.29) is 17.9 Å². The Morgan fingerprint density at radius 3 is 2.07 bits per heavy atom. The van der Waals surface area contributed by atoms with Crippen molar-refractivity contribution in [2.24, 2.45) is 5.92 Å². The number of hydrogen-bond acceptors (Lipinski definition) is 3. The maximum absolute atomic E-state index is 13.2. The van der Waals surface area contributed by atoms with Gasteiger partial charge in [-0.1, -0.05) is 48.5 Å². The molecule has 4 rings (SSSR count). The van der Waals surface area contributed by atoms with E-state index < -0.39 is 10.0 Å². The quantitative estimate of drug-likeness (QED) is 0.793. The molecule has 2 aromatic rings. The van der Waals surface area contributed by atoms with Crippen molar-refractivity contribution >= 4 is 15.9 Å². The van der Waals surface area contributed by atoms with Gasteiger partial charge in [-0.2, -0.15) is 4.31 Å². The largest absolute Gasteiger partial charge is 0.335 e. The molecule has 28 heavy (non-hydrogen) atoms. The van der Waals surface area contributed by atoms with Crippen LogP contribution in [-0.4, -0.2) is 43.2 Å². The lowest BCUT2D eigenvalue weighted by Gasteiger charge is -2.34. The van der Waals surface area contributed by atoms with Gasteiger partial charge in [0.2, 0.25) is 15.9 Å². The molecular formula is C22H26N2O3S. The van der Waals surface area contributed by atoms with E-state index in [1.807, 2.05) is 29.2 Å². The van der Waals surface area contributed by atoms with Crippen LogP contribution in [0.25, 0.3) is 0 Å². The van der Waals surface area contributed by atoms with E-state index in [2.05, 4.69) is 12.1 Å². The van der Waals surface area contributed by atoms with Crippen molar-refractivity contribution in [2.75, 3.05) is 19.6 Å². The van der Waals surface area contributed by atoms with Crippen LogP contribution < -0.4 is 0 Å². The number of amides is 1. The van der Waals surface area contributed by atoms with Gasteiger partial charge in [0.25, 0.3) is 0 Å². The number of nitrogens with zero attached hydrogens (tertiary/aromatic N) is 2. The lowest BCUT2D eigenvalue weighted by molar-refractivity contribution is -0.137. The number of carbonyl (C=O) groups is 1. The molecule has 1 amide bonds. The number of piperidine rings is 1. The Morgan fingerprint density at radius 2 is 1.43 bits per heavy atom. The third-order valence-electron chi connectivity index (χ3n) is 5.90. The molecular weight excluding hydrogens is 372 g/mol. The minimum absolute atomic E-state index is 0.0912. The van der Waals surface area contributed by atoms with E-state index in [0.717, 1.165) is 19.4 Å². The molecule has 2 saturated heterocycles. The van der Waals surface area contributed by atoms with E-state index in [4.69, 9.17) is 0 Å². The molecule has 1 atom stereocenters. The van der Waals surface area contributed by atoms with E-state index >= 15 is 0 Å². The van der Waals surface area contributed by atoms with E-state index in [1.165, 1.54) is 9.87 Å². The number of rotatable bonds is 4. The van der Waals surface area contributed by atoms with Gasteiger partial charge < -0.3 is 4.90 Å². The third kappa shape index (κ3) is 3.71. The number of sulfonamides is 1. The Morgan fingerprint density at radius 1 is 0.821 bits per heavy atom. The zero-order valence-corrected chi connectivity index (χ0v) is 16.7. The zero-order valence-electron chi connectivity index (χ0n) is 15.9. The summed E-state index contributed by atoms with van der Waals surface area (Å²) in [5.74, 6) is 0.0923. The predicted molar refractivity (Wildman–Crippen MR) is 108 cm³/mol. The van der Waals surface area contributed by atoms with Gasteiger partial charge in [0, 0.05) is 25.6 Å². The molecule has 2 aliphatic rings. The van der Waals surface area contributed by atoms with E-state index in [9.17, 15) is 13.2 Å². The summed E-state index contributed by atoms with van der Waals surface area (Å²) in [6.07, 6.45) is 3.19. The smallest absolute Gasteiger partial charge is 0.243 e. The van der Waals surface area contributed by atoms with Gasteiger partial charge in [0.05, 0.1) is 10.9 Å². The Balaban J connectivity index is 1.42. The average Bonchev–Trinajstić information content (AvgIpc) is 3.24. The highest BCUT2D eigenvalue weighted by Crippen LogP contribution is 2.35. The van der Waals surface area contributed by atoms with Gasteiger partial charge in [-0.3, -0.25) is 4.79 Å². The molecule has 0 aliphatic carbocycles. The first-order valence-corrected chi connectivity index (χ1v) is 11.4. The molecule has 1 unspecified atom stereocenters. The van der Waals surface area contributed by atoms with Crippen molar-refractivity contribution in [2.45, 2.75) is 36.6 Å². The summed E-state index contributed by atoms with van der Waals surface area (Å²) in [6.45, 7) is 1.59. The molecule has 2 heterocycles. The van der Waals surface area contributed by atoms with Crippen molar-refractivity contribution in [3.05, 3.63) is 66.2 Å². The third-order valence-corrected chi connectivity index (χ3v) is 7.82. The second-order valence-corrected chi connectivity index (χ2v) is 9.53. The normalized spacial score (nSPS) is 21.7. The van der Waals surface area contributed by atoms with Crippen molar-refractivity contribution in [3.8, 4) is 0 Å². The Kier molecular flexibility index (Phi) is 5.51. The Labute approximate surface area is 167 Å². The van der Waals surface area contributed by atoms with Crippen LogP contribution in [0.2, 0.25) is 0 Å². The SMILES string of the molecule is O=C(C1CCN(S(=O)(=O)c2ccccc2)CC1)N1CCCC1c1ccccc1. The predicted octanol–water partition coefficient (Wildman–Crippen LogP) is 3.45. The van der Waals surface area contributed by atoms with E-state index in [1.54, 1.807) is 24.3 Å². The van der Waals surface area contributed by atoms with Crippen LogP contribution in [0.5, 0.6) is 0 Å². The molecule has 0 radical (unpaired) electrons. The average molecular weight is 399 g/mol. The highest BCUT2D eigenvalue weighted by atomic mass is 32.2. The molecule has 0 saturated carbocycles. The summed E-state index contributed by atoms with van der Waals surface area (Å²) < 4.78 is 27.1. The molecule has 2 aliphatic heterocycles. The number of carbonyl (C=O) groups excluding carboxylic acids is 1. The lowest BCUT2D eigenvalue weighted by atomic mass is 9.95. The van der Waals surface area contributed by atoms with Crippen LogP contribution in [0.4, 0.5) is 0 Å². The maximum atomic E-state index is 13.2. The molecule has 148 valence electrons. The highest BCUT2D eigenvalue weighted by molar-refractivity contribution is 7.89. The fraction of sp³-hybridized carbons (Fsp3) is 0.409. The van der Waals surface area contributed by atoms with Crippen molar-refractivity contribution in [3.63, 3.8) is 0 Å². The fourth-order valence-corrected chi connectivity index (χ4v) is 5.86. The van der Waals surface area contributed by atoms with E-state index in [0.29, 0.717) is 30.8 Å². The summed E-state index contributed by atoms with van der Waals surface area (Å²) in [6, 6.07) is 18.9. The van der Waals surface area contributed by atoms with Gasteiger partial charge in [-0.25, -0.2) is 8.42 Å². The van der Waals surface area contributed by atoms with Crippen LogP contribution in [0.15, 0.2) is 65.6 Å². The van der Waals surface area contributed by atoms with Gasteiger partial charge >= 0.3 is 0 Å². The minimum atomic E-state index is -3.48. The first-order valence-electron chi connectivity index (χ1n) is 9.98. The molecule has 0 aromatic heterocycles. The molecule has 2 fully saturated rings. The van der Waals surface area contributed by atoms with Crippen molar-refractivity contribution < 1.29 is 13.2 Å². The number of hydrogen-bond donors (Lipinski definition) is 0. The van der Waals surface area contributed by atoms with Gasteiger partial charge in [0.15, 0.2) is 0 Å². The second-order valence-electron chi connectivity index (χ2n) is 7.59.